The number of carbonyl (C=O) groups is 1. The van der Waals surface area contributed by atoms with Gasteiger partial charge in [-0.05, 0) is 42.1 Å². The van der Waals surface area contributed by atoms with Crippen molar-refractivity contribution in [2.45, 2.75) is 25.7 Å². The standard InChI is InChI=1S/C16H9ClF6N2O5S3/c17-10-3-2-9(33(29,30)16(21,22)23)6-11(10)24-14(26)7-31-13-4-1-8(32-15(18,19)20)5-12(13)25(27)28/h1-6H,7H2,(H,24,26). The minimum Gasteiger partial charge on any atom is -0.324 e. The Kier molecular flexibility index (Phi) is 8.19. The number of hydrogen-bond acceptors (Lipinski definition) is 7. The van der Waals surface area contributed by atoms with Crippen molar-refractivity contribution in [3.05, 3.63) is 51.5 Å². The van der Waals surface area contributed by atoms with Crippen molar-refractivity contribution in [1.29, 1.82) is 0 Å². The van der Waals surface area contributed by atoms with Crippen LogP contribution in [0.15, 0.2) is 51.1 Å². The summed E-state index contributed by atoms with van der Waals surface area (Å²) >= 11 is 5.78. The highest BCUT2D eigenvalue weighted by Crippen LogP contribution is 2.40. The molecule has 0 bridgehead atoms. The van der Waals surface area contributed by atoms with Crippen LogP contribution in [0.5, 0.6) is 0 Å². The van der Waals surface area contributed by atoms with E-state index in [0.29, 0.717) is 30.0 Å². The number of alkyl halides is 6. The van der Waals surface area contributed by atoms with E-state index in [-0.39, 0.29) is 9.92 Å². The quantitative estimate of drug-likeness (QED) is 0.197. The number of nitro groups is 1. The maximum Gasteiger partial charge on any atom is 0.501 e. The van der Waals surface area contributed by atoms with Gasteiger partial charge in [0.15, 0.2) is 0 Å². The molecule has 0 aliphatic rings. The molecule has 2 aromatic rings. The lowest BCUT2D eigenvalue weighted by Crippen LogP contribution is -2.23. The van der Waals surface area contributed by atoms with Crippen molar-refractivity contribution < 1.29 is 44.5 Å². The number of hydrogen-bond donors (Lipinski definition) is 1. The Hall–Kier alpha value is -2.17. The Morgan fingerprint density at radius 1 is 1.09 bits per heavy atom. The molecule has 0 unspecified atom stereocenters. The van der Waals surface area contributed by atoms with E-state index in [4.69, 9.17) is 11.6 Å². The molecule has 0 saturated carbocycles. The highest BCUT2D eigenvalue weighted by atomic mass is 35.5. The Morgan fingerprint density at radius 2 is 1.73 bits per heavy atom. The van der Waals surface area contributed by atoms with Crippen LogP contribution in [0, 0.1) is 10.1 Å². The molecule has 2 rings (SSSR count). The molecule has 33 heavy (non-hydrogen) atoms. The molecule has 17 heteroatoms. The fourth-order valence-corrected chi connectivity index (χ4v) is 4.52. The van der Waals surface area contributed by atoms with Gasteiger partial charge >= 0.3 is 11.0 Å². The summed E-state index contributed by atoms with van der Waals surface area (Å²) in [5.41, 5.74) is -11.4. The predicted molar refractivity (Wildman–Crippen MR) is 109 cm³/mol. The zero-order valence-corrected chi connectivity index (χ0v) is 18.7. The molecular weight excluding hydrogens is 546 g/mol. The number of thioether (sulfide) groups is 2. The predicted octanol–water partition coefficient (Wildman–Crippen LogP) is 5.88. The number of nitro benzene ring substituents is 1. The average Bonchev–Trinajstić information content (AvgIpc) is 2.66. The van der Waals surface area contributed by atoms with E-state index in [2.05, 4.69) is 5.32 Å². The molecule has 1 N–H and O–H groups in total. The minimum atomic E-state index is -5.71. The van der Waals surface area contributed by atoms with Gasteiger partial charge in [-0.2, -0.15) is 26.3 Å². The van der Waals surface area contributed by atoms with Crippen LogP contribution in [0.4, 0.5) is 37.7 Å². The first-order chi connectivity index (χ1) is 15.0. The van der Waals surface area contributed by atoms with E-state index < -0.39 is 70.4 Å². The van der Waals surface area contributed by atoms with Gasteiger partial charge in [-0.1, -0.05) is 11.6 Å². The van der Waals surface area contributed by atoms with Gasteiger partial charge in [-0.3, -0.25) is 14.9 Å². The van der Waals surface area contributed by atoms with E-state index in [1.54, 1.807) is 0 Å². The summed E-state index contributed by atoms with van der Waals surface area (Å²) in [5.74, 6) is -1.48. The monoisotopic (exact) mass is 554 g/mol. The molecule has 2 aromatic carbocycles. The normalized spacial score (nSPS) is 12.5. The number of sulfone groups is 1. The van der Waals surface area contributed by atoms with Gasteiger partial charge in [0.2, 0.25) is 5.91 Å². The number of anilines is 1. The summed E-state index contributed by atoms with van der Waals surface area (Å²) < 4.78 is 98.5. The summed E-state index contributed by atoms with van der Waals surface area (Å²) in [6.45, 7) is 0. The SMILES string of the molecule is O=C(CSc1ccc(SC(F)(F)F)cc1[N+](=O)[O-])Nc1cc(S(=O)(=O)C(F)(F)F)ccc1Cl. The molecule has 0 aliphatic heterocycles. The second kappa shape index (κ2) is 9.99. The average molecular weight is 555 g/mol. The highest BCUT2D eigenvalue weighted by Gasteiger charge is 2.47. The molecule has 0 radical (unpaired) electrons. The fourth-order valence-electron chi connectivity index (χ4n) is 2.19. The third-order valence-corrected chi connectivity index (χ3v) is 7.14. The Balaban J connectivity index is 2.18. The summed E-state index contributed by atoms with van der Waals surface area (Å²) in [7, 11) is -5.71. The molecule has 0 heterocycles. The van der Waals surface area contributed by atoms with Crippen LogP contribution in [0.25, 0.3) is 0 Å². The maximum absolute atomic E-state index is 12.7. The number of halogens is 7. The highest BCUT2D eigenvalue weighted by molar-refractivity contribution is 8.00. The number of benzene rings is 2. The first-order valence-electron chi connectivity index (χ1n) is 8.09. The van der Waals surface area contributed by atoms with Gasteiger partial charge < -0.3 is 5.32 Å². The van der Waals surface area contributed by atoms with E-state index in [1.807, 2.05) is 0 Å². The van der Waals surface area contributed by atoms with Crippen molar-refractivity contribution in [1.82, 2.24) is 0 Å². The Labute approximate surface area is 194 Å². The number of amides is 1. The van der Waals surface area contributed by atoms with E-state index in [0.717, 1.165) is 18.2 Å². The molecular formula is C16H9ClF6N2O5S3. The minimum absolute atomic E-state index is 0.152. The molecule has 180 valence electrons. The summed E-state index contributed by atoms with van der Waals surface area (Å²) in [6.07, 6.45) is 0. The van der Waals surface area contributed by atoms with Crippen molar-refractivity contribution in [2.75, 3.05) is 11.1 Å². The molecule has 0 spiro atoms. The maximum atomic E-state index is 12.7. The Bertz CT molecular complexity index is 1190. The number of nitrogens with one attached hydrogen (secondary N) is 1. The fraction of sp³-hybridized carbons (Fsp3) is 0.188. The van der Waals surface area contributed by atoms with E-state index in [1.165, 1.54) is 0 Å². The van der Waals surface area contributed by atoms with Gasteiger partial charge in [0.25, 0.3) is 15.5 Å². The van der Waals surface area contributed by atoms with Crippen LogP contribution >= 0.6 is 35.1 Å². The second-order valence-electron chi connectivity index (χ2n) is 5.86. The molecule has 0 fully saturated rings. The first-order valence-corrected chi connectivity index (χ1v) is 11.8. The lowest BCUT2D eigenvalue weighted by Gasteiger charge is -2.12. The zero-order chi connectivity index (χ0) is 25.2. The zero-order valence-electron chi connectivity index (χ0n) is 15.5. The third-order valence-electron chi connectivity index (χ3n) is 3.55. The van der Waals surface area contributed by atoms with Crippen molar-refractivity contribution in [3.63, 3.8) is 0 Å². The van der Waals surface area contributed by atoms with Gasteiger partial charge in [0, 0.05) is 11.0 Å². The number of nitrogens with zero attached hydrogens (tertiary/aromatic N) is 1. The number of carbonyl (C=O) groups excluding carboxylic acids is 1. The van der Waals surface area contributed by atoms with Crippen LogP contribution in [-0.4, -0.2) is 36.0 Å². The van der Waals surface area contributed by atoms with Crippen molar-refractivity contribution in [3.8, 4) is 0 Å². The van der Waals surface area contributed by atoms with Gasteiger partial charge in [0.05, 0.1) is 31.2 Å². The third kappa shape index (κ3) is 7.15. The summed E-state index contributed by atoms with van der Waals surface area (Å²) in [4.78, 5) is 20.6. The second-order valence-corrected chi connectivity index (χ2v) is 10.4. The Morgan fingerprint density at radius 3 is 2.27 bits per heavy atom. The number of rotatable bonds is 7. The largest absolute Gasteiger partial charge is 0.501 e. The van der Waals surface area contributed by atoms with Crippen LogP contribution in [-0.2, 0) is 14.6 Å². The van der Waals surface area contributed by atoms with Gasteiger partial charge in [0.1, 0.15) is 0 Å². The van der Waals surface area contributed by atoms with E-state index >= 15 is 0 Å². The van der Waals surface area contributed by atoms with Crippen molar-refractivity contribution in [2.24, 2.45) is 0 Å². The molecule has 1 amide bonds. The van der Waals surface area contributed by atoms with Crippen LogP contribution in [0.1, 0.15) is 0 Å². The molecule has 0 aromatic heterocycles. The van der Waals surface area contributed by atoms with E-state index in [9.17, 15) is 49.7 Å². The van der Waals surface area contributed by atoms with Gasteiger partial charge in [-0.25, -0.2) is 8.42 Å². The lowest BCUT2D eigenvalue weighted by molar-refractivity contribution is -0.387. The molecule has 0 atom stereocenters. The van der Waals surface area contributed by atoms with Crippen LogP contribution in [0.3, 0.4) is 0 Å². The first kappa shape index (κ1) is 27.1. The molecule has 0 aliphatic carbocycles. The van der Waals surface area contributed by atoms with Crippen molar-refractivity contribution >= 4 is 62.2 Å². The summed E-state index contributed by atoms with van der Waals surface area (Å²) in [6, 6.07) is 4.58. The smallest absolute Gasteiger partial charge is 0.324 e. The van der Waals surface area contributed by atoms with Crippen LogP contribution in [0.2, 0.25) is 5.02 Å². The molecule has 0 saturated heterocycles. The molecule has 7 nitrogen and oxygen atoms in total. The van der Waals surface area contributed by atoms with Gasteiger partial charge in [-0.15, -0.1) is 11.8 Å². The summed E-state index contributed by atoms with van der Waals surface area (Å²) in [5, 5.41) is 13.0. The van der Waals surface area contributed by atoms with Crippen LogP contribution < -0.4 is 5.32 Å². The topological polar surface area (TPSA) is 106 Å². The lowest BCUT2D eigenvalue weighted by atomic mass is 10.3.